The van der Waals surface area contributed by atoms with Gasteiger partial charge in [0.2, 0.25) is 0 Å². The Labute approximate surface area is 102 Å². The molecule has 17 heavy (non-hydrogen) atoms. The SMILES string of the molecule is C=C1CC[C@H]2C(=C)CC[C@@H]3C(=C)C(=O)O[C@@H]3[C@H]12. The molecule has 0 bridgehead atoms. The first-order valence-corrected chi connectivity index (χ1v) is 6.34. The minimum absolute atomic E-state index is 0.0192. The van der Waals surface area contributed by atoms with Gasteiger partial charge < -0.3 is 4.74 Å². The Kier molecular flexibility index (Phi) is 2.29. The van der Waals surface area contributed by atoms with Crippen LogP contribution in [0, 0.1) is 17.8 Å². The number of hydrogen-bond acceptors (Lipinski definition) is 2. The van der Waals surface area contributed by atoms with Gasteiger partial charge in [-0.05, 0) is 31.6 Å². The van der Waals surface area contributed by atoms with Crippen molar-refractivity contribution in [3.05, 3.63) is 36.5 Å². The van der Waals surface area contributed by atoms with Gasteiger partial charge >= 0.3 is 5.97 Å². The Morgan fingerprint density at radius 3 is 2.41 bits per heavy atom. The highest BCUT2D eigenvalue weighted by molar-refractivity contribution is 5.91. The topological polar surface area (TPSA) is 26.3 Å². The van der Waals surface area contributed by atoms with Crippen molar-refractivity contribution in [2.75, 3.05) is 0 Å². The fraction of sp³-hybridized carbons (Fsp3) is 0.533. The molecule has 2 aliphatic carbocycles. The molecule has 2 nitrogen and oxygen atoms in total. The van der Waals surface area contributed by atoms with Gasteiger partial charge in [0, 0.05) is 17.4 Å². The molecule has 0 N–H and O–H groups in total. The van der Waals surface area contributed by atoms with Gasteiger partial charge in [0.05, 0.1) is 0 Å². The number of carbonyl (C=O) groups is 1. The van der Waals surface area contributed by atoms with Crippen molar-refractivity contribution in [1.82, 2.24) is 0 Å². The monoisotopic (exact) mass is 230 g/mol. The molecule has 2 heteroatoms. The molecule has 0 amide bonds. The first-order chi connectivity index (χ1) is 8.09. The largest absolute Gasteiger partial charge is 0.458 e. The summed E-state index contributed by atoms with van der Waals surface area (Å²) in [7, 11) is 0. The molecule has 3 fully saturated rings. The Balaban J connectivity index is 2.00. The Bertz CT molecular complexity index is 432. The summed E-state index contributed by atoms with van der Waals surface area (Å²) in [4.78, 5) is 11.7. The number of allylic oxidation sites excluding steroid dienone is 1. The molecule has 4 atom stereocenters. The second kappa shape index (κ2) is 3.59. The average Bonchev–Trinajstić information content (AvgIpc) is 2.75. The van der Waals surface area contributed by atoms with Gasteiger partial charge in [0.1, 0.15) is 6.10 Å². The van der Waals surface area contributed by atoms with Crippen molar-refractivity contribution in [3.8, 4) is 0 Å². The van der Waals surface area contributed by atoms with Crippen LogP contribution in [-0.2, 0) is 9.53 Å². The molecule has 2 saturated carbocycles. The predicted molar refractivity (Wildman–Crippen MR) is 66.2 cm³/mol. The molecular weight excluding hydrogens is 212 g/mol. The van der Waals surface area contributed by atoms with Crippen LogP contribution in [0.1, 0.15) is 25.7 Å². The van der Waals surface area contributed by atoms with E-state index in [-0.39, 0.29) is 23.9 Å². The van der Waals surface area contributed by atoms with E-state index in [2.05, 4.69) is 19.7 Å². The standard InChI is InChI=1S/C15H18O2/c1-8-4-7-12-10(3)15(16)17-14(12)13-9(2)5-6-11(8)13/h11-14H,1-7H2/t11-,12+,13+,14-/m0/s1. The molecule has 1 saturated heterocycles. The predicted octanol–water partition coefficient (Wildman–Crippen LogP) is 3.02. The van der Waals surface area contributed by atoms with E-state index in [0.717, 1.165) is 25.7 Å². The first-order valence-electron chi connectivity index (χ1n) is 6.34. The van der Waals surface area contributed by atoms with Crippen LogP contribution in [0.2, 0.25) is 0 Å². The van der Waals surface area contributed by atoms with Crippen LogP contribution in [0.15, 0.2) is 36.5 Å². The van der Waals surface area contributed by atoms with Crippen molar-refractivity contribution < 1.29 is 9.53 Å². The zero-order chi connectivity index (χ0) is 12.2. The zero-order valence-electron chi connectivity index (χ0n) is 10.1. The summed E-state index contributed by atoms with van der Waals surface area (Å²) in [5.41, 5.74) is 3.20. The van der Waals surface area contributed by atoms with Crippen LogP contribution in [0.4, 0.5) is 0 Å². The van der Waals surface area contributed by atoms with E-state index in [0.29, 0.717) is 11.5 Å². The lowest BCUT2D eigenvalue weighted by atomic mass is 9.82. The minimum Gasteiger partial charge on any atom is -0.458 e. The van der Waals surface area contributed by atoms with E-state index in [9.17, 15) is 4.79 Å². The van der Waals surface area contributed by atoms with Crippen molar-refractivity contribution >= 4 is 5.97 Å². The molecule has 3 rings (SSSR count). The number of carbonyl (C=O) groups excluding carboxylic acids is 1. The van der Waals surface area contributed by atoms with Crippen molar-refractivity contribution in [1.29, 1.82) is 0 Å². The van der Waals surface area contributed by atoms with Gasteiger partial charge in [-0.1, -0.05) is 30.9 Å². The van der Waals surface area contributed by atoms with Gasteiger partial charge in [0.15, 0.2) is 0 Å². The molecule has 0 aromatic carbocycles. The summed E-state index contributed by atoms with van der Waals surface area (Å²) in [6.07, 6.45) is 4.09. The molecule has 0 radical (unpaired) electrons. The van der Waals surface area contributed by atoms with Crippen LogP contribution in [0.25, 0.3) is 0 Å². The Hall–Kier alpha value is -1.31. The van der Waals surface area contributed by atoms with Gasteiger partial charge in [-0.25, -0.2) is 4.79 Å². The summed E-state index contributed by atoms with van der Waals surface area (Å²) in [5, 5.41) is 0. The molecule has 1 heterocycles. The third kappa shape index (κ3) is 1.43. The van der Waals surface area contributed by atoms with Crippen LogP contribution in [-0.4, -0.2) is 12.1 Å². The van der Waals surface area contributed by atoms with Crippen LogP contribution in [0.3, 0.4) is 0 Å². The smallest absolute Gasteiger partial charge is 0.334 e. The number of rotatable bonds is 0. The molecular formula is C15H18O2. The van der Waals surface area contributed by atoms with E-state index >= 15 is 0 Å². The highest BCUT2D eigenvalue weighted by Crippen LogP contribution is 2.51. The maximum Gasteiger partial charge on any atom is 0.334 e. The number of fused-ring (bicyclic) bond motifs is 3. The van der Waals surface area contributed by atoms with Crippen molar-refractivity contribution in [3.63, 3.8) is 0 Å². The van der Waals surface area contributed by atoms with Crippen molar-refractivity contribution in [2.24, 2.45) is 17.8 Å². The normalized spacial score (nSPS) is 40.9. The molecule has 0 spiro atoms. The fourth-order valence-electron chi connectivity index (χ4n) is 3.71. The highest BCUT2D eigenvalue weighted by atomic mass is 16.6. The van der Waals surface area contributed by atoms with E-state index in [1.807, 2.05) is 0 Å². The van der Waals surface area contributed by atoms with Crippen LogP contribution in [0.5, 0.6) is 0 Å². The molecule has 1 aliphatic heterocycles. The summed E-state index contributed by atoms with van der Waals surface area (Å²) in [5.74, 6) is 0.740. The summed E-state index contributed by atoms with van der Waals surface area (Å²) in [6.45, 7) is 12.3. The second-order valence-corrected chi connectivity index (χ2v) is 5.53. The highest BCUT2D eigenvalue weighted by Gasteiger charge is 2.50. The van der Waals surface area contributed by atoms with Crippen LogP contribution >= 0.6 is 0 Å². The maximum atomic E-state index is 11.7. The lowest BCUT2D eigenvalue weighted by Crippen LogP contribution is -2.28. The van der Waals surface area contributed by atoms with E-state index in [1.54, 1.807) is 0 Å². The molecule has 0 aromatic heterocycles. The Morgan fingerprint density at radius 2 is 1.65 bits per heavy atom. The quantitative estimate of drug-likeness (QED) is 0.363. The van der Waals surface area contributed by atoms with Gasteiger partial charge in [-0.3, -0.25) is 0 Å². The molecule has 3 aliphatic rings. The van der Waals surface area contributed by atoms with E-state index in [4.69, 9.17) is 4.74 Å². The van der Waals surface area contributed by atoms with E-state index < -0.39 is 0 Å². The van der Waals surface area contributed by atoms with Crippen molar-refractivity contribution in [2.45, 2.75) is 31.8 Å². The van der Waals surface area contributed by atoms with Gasteiger partial charge in [-0.2, -0.15) is 0 Å². The average molecular weight is 230 g/mol. The molecule has 90 valence electrons. The molecule has 0 unspecified atom stereocenters. The summed E-state index contributed by atoms with van der Waals surface area (Å²) in [6, 6.07) is 0. The van der Waals surface area contributed by atoms with Crippen LogP contribution < -0.4 is 0 Å². The van der Waals surface area contributed by atoms with Gasteiger partial charge in [-0.15, -0.1) is 0 Å². The maximum absolute atomic E-state index is 11.7. The zero-order valence-corrected chi connectivity index (χ0v) is 10.1. The summed E-state index contributed by atoms with van der Waals surface area (Å²) >= 11 is 0. The first kappa shape index (κ1) is 10.8. The van der Waals surface area contributed by atoms with Gasteiger partial charge in [0.25, 0.3) is 0 Å². The number of ether oxygens (including phenoxy) is 1. The lowest BCUT2D eigenvalue weighted by molar-refractivity contribution is -0.141. The Morgan fingerprint density at radius 1 is 1.00 bits per heavy atom. The fourth-order valence-corrected chi connectivity index (χ4v) is 3.71. The van der Waals surface area contributed by atoms with E-state index in [1.165, 1.54) is 11.1 Å². The second-order valence-electron chi connectivity index (χ2n) is 5.53. The third-order valence-corrected chi connectivity index (χ3v) is 4.69. The summed E-state index contributed by atoms with van der Waals surface area (Å²) < 4.78 is 5.55. The minimum atomic E-state index is -0.203. The third-order valence-electron chi connectivity index (χ3n) is 4.69. The number of esters is 1. The lowest BCUT2D eigenvalue weighted by Gasteiger charge is -2.26. The molecule has 0 aromatic rings. The number of hydrogen-bond donors (Lipinski definition) is 0.